The second kappa shape index (κ2) is 10.8. The molecule has 0 aliphatic heterocycles. The Morgan fingerprint density at radius 1 is 1.13 bits per heavy atom. The van der Waals surface area contributed by atoms with Crippen molar-refractivity contribution in [2.75, 3.05) is 25.0 Å². The number of nitrogens with one attached hydrogen (secondary N) is 1. The molecule has 0 aliphatic rings. The van der Waals surface area contributed by atoms with Crippen molar-refractivity contribution in [3.63, 3.8) is 0 Å². The number of halogens is 3. The van der Waals surface area contributed by atoms with Crippen LogP contribution in [0.2, 0.25) is 0 Å². The number of carbonyl (C=O) groups is 2. The standard InChI is InChI=1S/C23H27F3N2O3/c1-5-8-28(16(4)29)12-14(2)13-31-21-7-6-17(9-15(21)3)23(30)27-18-10-19(24)22(26)20(25)11-18/h6-7,9-11,14H,5,8,12-13H2,1-4H3,(H,27,30). The highest BCUT2D eigenvalue weighted by Gasteiger charge is 2.16. The van der Waals surface area contributed by atoms with Gasteiger partial charge in [-0.15, -0.1) is 0 Å². The zero-order valence-corrected chi connectivity index (χ0v) is 18.1. The molecule has 2 rings (SSSR count). The number of carbonyl (C=O) groups excluding carboxylic acids is 2. The summed E-state index contributed by atoms with van der Waals surface area (Å²) in [6.07, 6.45) is 0.882. The number of anilines is 1. The van der Waals surface area contributed by atoms with Crippen molar-refractivity contribution >= 4 is 17.5 Å². The Morgan fingerprint density at radius 3 is 2.32 bits per heavy atom. The van der Waals surface area contributed by atoms with E-state index in [1.165, 1.54) is 6.07 Å². The predicted octanol–water partition coefficient (Wildman–Crippen LogP) is 4.94. The first-order valence-electron chi connectivity index (χ1n) is 10.1. The first kappa shape index (κ1) is 24.2. The average molecular weight is 436 g/mol. The van der Waals surface area contributed by atoms with Gasteiger partial charge in [0.05, 0.1) is 6.61 Å². The lowest BCUT2D eigenvalue weighted by atomic mass is 10.1. The molecule has 0 saturated carbocycles. The van der Waals surface area contributed by atoms with Crippen molar-refractivity contribution in [3.8, 4) is 5.75 Å². The van der Waals surface area contributed by atoms with Gasteiger partial charge in [-0.3, -0.25) is 9.59 Å². The summed E-state index contributed by atoms with van der Waals surface area (Å²) in [5, 5.41) is 2.34. The number of nitrogens with zero attached hydrogens (tertiary/aromatic N) is 1. The molecule has 2 amide bonds. The maximum atomic E-state index is 13.3. The molecule has 0 saturated heterocycles. The molecule has 0 radical (unpaired) electrons. The van der Waals surface area contributed by atoms with Crippen LogP contribution < -0.4 is 10.1 Å². The van der Waals surface area contributed by atoms with Crippen LogP contribution in [0.5, 0.6) is 5.75 Å². The lowest BCUT2D eigenvalue weighted by Gasteiger charge is -2.24. The number of hydrogen-bond acceptors (Lipinski definition) is 3. The molecule has 1 N–H and O–H groups in total. The summed E-state index contributed by atoms with van der Waals surface area (Å²) in [6, 6.07) is 6.18. The van der Waals surface area contributed by atoms with E-state index in [-0.39, 0.29) is 23.1 Å². The van der Waals surface area contributed by atoms with E-state index in [2.05, 4.69) is 5.32 Å². The third-order valence-electron chi connectivity index (χ3n) is 4.67. The highest BCUT2D eigenvalue weighted by molar-refractivity contribution is 6.04. The second-order valence-corrected chi connectivity index (χ2v) is 7.57. The SMILES string of the molecule is CCCN(CC(C)COc1ccc(C(=O)Nc2cc(F)c(F)c(F)c2)cc1C)C(C)=O. The van der Waals surface area contributed by atoms with Crippen LogP contribution in [-0.4, -0.2) is 36.4 Å². The third-order valence-corrected chi connectivity index (χ3v) is 4.67. The molecule has 0 heterocycles. The van der Waals surface area contributed by atoms with Crippen molar-refractivity contribution < 1.29 is 27.5 Å². The molecule has 31 heavy (non-hydrogen) atoms. The van der Waals surface area contributed by atoms with E-state index in [1.54, 1.807) is 30.9 Å². The normalized spacial score (nSPS) is 11.7. The molecule has 0 aromatic heterocycles. The molecule has 1 atom stereocenters. The fraction of sp³-hybridized carbons (Fsp3) is 0.391. The van der Waals surface area contributed by atoms with Gasteiger partial charge >= 0.3 is 0 Å². The number of amides is 2. The molecule has 0 aliphatic carbocycles. The van der Waals surface area contributed by atoms with E-state index in [9.17, 15) is 22.8 Å². The van der Waals surface area contributed by atoms with Gasteiger partial charge in [-0.25, -0.2) is 13.2 Å². The molecular formula is C23H27F3N2O3. The Balaban J connectivity index is 1.99. The van der Waals surface area contributed by atoms with Crippen LogP contribution in [0.1, 0.15) is 43.1 Å². The van der Waals surface area contributed by atoms with E-state index < -0.39 is 23.4 Å². The number of rotatable bonds is 9. The summed E-state index contributed by atoms with van der Waals surface area (Å²) in [5.74, 6) is -4.22. The van der Waals surface area contributed by atoms with E-state index >= 15 is 0 Å². The van der Waals surface area contributed by atoms with Crippen molar-refractivity contribution in [2.24, 2.45) is 5.92 Å². The Kier molecular flexibility index (Phi) is 8.47. The van der Waals surface area contributed by atoms with Crippen LogP contribution in [0.15, 0.2) is 30.3 Å². The number of benzene rings is 2. The number of ether oxygens (including phenoxy) is 1. The number of aryl methyl sites for hydroxylation is 1. The van der Waals surface area contributed by atoms with Crippen LogP contribution >= 0.6 is 0 Å². The van der Waals surface area contributed by atoms with Gasteiger partial charge in [0.1, 0.15) is 5.75 Å². The molecule has 0 spiro atoms. The van der Waals surface area contributed by atoms with Gasteiger partial charge in [-0.05, 0) is 37.1 Å². The Labute approximate surface area is 180 Å². The molecule has 0 fully saturated rings. The smallest absolute Gasteiger partial charge is 0.255 e. The Bertz CT molecular complexity index is 927. The Morgan fingerprint density at radius 2 is 1.77 bits per heavy atom. The highest BCUT2D eigenvalue weighted by atomic mass is 19.2. The quantitative estimate of drug-likeness (QED) is 0.567. The zero-order chi connectivity index (χ0) is 23.1. The van der Waals surface area contributed by atoms with E-state index in [1.807, 2.05) is 13.8 Å². The summed E-state index contributed by atoms with van der Waals surface area (Å²) in [6.45, 7) is 9.01. The van der Waals surface area contributed by atoms with Crippen LogP contribution in [0.3, 0.4) is 0 Å². The predicted molar refractivity (Wildman–Crippen MR) is 113 cm³/mol. The van der Waals surface area contributed by atoms with Crippen LogP contribution in [0.25, 0.3) is 0 Å². The summed E-state index contributed by atoms with van der Waals surface area (Å²) in [5.41, 5.74) is 0.775. The van der Waals surface area contributed by atoms with Gasteiger partial charge in [-0.2, -0.15) is 0 Å². The van der Waals surface area contributed by atoms with Gasteiger partial charge in [0, 0.05) is 49.3 Å². The molecule has 2 aromatic carbocycles. The minimum atomic E-state index is -1.59. The largest absolute Gasteiger partial charge is 0.493 e. The van der Waals surface area contributed by atoms with E-state index in [0.717, 1.165) is 6.42 Å². The van der Waals surface area contributed by atoms with Crippen LogP contribution in [0.4, 0.5) is 18.9 Å². The van der Waals surface area contributed by atoms with Crippen LogP contribution in [0, 0.1) is 30.3 Å². The molecule has 2 aromatic rings. The summed E-state index contributed by atoms with van der Waals surface area (Å²) in [4.78, 5) is 25.8. The van der Waals surface area contributed by atoms with Crippen molar-refractivity contribution in [3.05, 3.63) is 58.9 Å². The summed E-state index contributed by atoms with van der Waals surface area (Å²) in [7, 11) is 0. The highest BCUT2D eigenvalue weighted by Crippen LogP contribution is 2.22. The van der Waals surface area contributed by atoms with E-state index in [0.29, 0.717) is 43.1 Å². The average Bonchev–Trinajstić information content (AvgIpc) is 2.70. The van der Waals surface area contributed by atoms with Gasteiger partial charge in [0.25, 0.3) is 5.91 Å². The molecular weight excluding hydrogens is 409 g/mol. The topological polar surface area (TPSA) is 58.6 Å². The maximum Gasteiger partial charge on any atom is 0.255 e. The first-order valence-corrected chi connectivity index (χ1v) is 10.1. The molecule has 0 bridgehead atoms. The molecule has 168 valence electrons. The van der Waals surface area contributed by atoms with E-state index in [4.69, 9.17) is 4.74 Å². The van der Waals surface area contributed by atoms with Crippen molar-refractivity contribution in [1.82, 2.24) is 4.90 Å². The lowest BCUT2D eigenvalue weighted by molar-refractivity contribution is -0.129. The fourth-order valence-corrected chi connectivity index (χ4v) is 3.09. The van der Waals surface area contributed by atoms with Gasteiger partial charge in [0.15, 0.2) is 17.5 Å². The zero-order valence-electron chi connectivity index (χ0n) is 18.1. The fourth-order valence-electron chi connectivity index (χ4n) is 3.09. The maximum absolute atomic E-state index is 13.3. The van der Waals surface area contributed by atoms with Gasteiger partial charge in [0.2, 0.25) is 5.91 Å². The Hall–Kier alpha value is -3.03. The second-order valence-electron chi connectivity index (χ2n) is 7.57. The molecule has 8 heteroatoms. The summed E-state index contributed by atoms with van der Waals surface area (Å²) >= 11 is 0. The van der Waals surface area contributed by atoms with Crippen molar-refractivity contribution in [2.45, 2.75) is 34.1 Å². The van der Waals surface area contributed by atoms with Gasteiger partial charge in [-0.1, -0.05) is 13.8 Å². The van der Waals surface area contributed by atoms with Crippen LogP contribution in [-0.2, 0) is 4.79 Å². The molecule has 1 unspecified atom stereocenters. The third kappa shape index (κ3) is 6.73. The van der Waals surface area contributed by atoms with Crippen molar-refractivity contribution in [1.29, 1.82) is 0 Å². The summed E-state index contributed by atoms with van der Waals surface area (Å²) < 4.78 is 45.5. The monoisotopic (exact) mass is 436 g/mol. The minimum Gasteiger partial charge on any atom is -0.493 e. The van der Waals surface area contributed by atoms with Gasteiger partial charge < -0.3 is 15.0 Å². The first-order chi connectivity index (χ1) is 14.6. The minimum absolute atomic E-state index is 0.0289. The molecule has 5 nitrogen and oxygen atoms in total. The lowest BCUT2D eigenvalue weighted by Crippen LogP contribution is -2.35. The number of hydrogen-bond donors (Lipinski definition) is 1.